The molecule has 0 heterocycles. The Kier molecular flexibility index (Phi) is 4.84. The molecule has 1 aromatic carbocycles. The highest BCUT2D eigenvalue weighted by Gasteiger charge is 2.17. The lowest BCUT2D eigenvalue weighted by atomic mass is 9.96. The molecule has 0 atom stereocenters. The standard InChI is InChI=1S/C14H24N2O2/c1-6-18-13-8-11(15)7-12(9-13)16(17-5)10-14(2,3)4/h7-9H,6,10,15H2,1-5H3. The molecule has 0 fully saturated rings. The highest BCUT2D eigenvalue weighted by Crippen LogP contribution is 2.28. The zero-order valence-corrected chi connectivity index (χ0v) is 12.0. The minimum Gasteiger partial charge on any atom is -0.494 e. The molecule has 0 saturated heterocycles. The molecule has 0 unspecified atom stereocenters. The number of benzene rings is 1. The molecule has 0 aliphatic carbocycles. The molecule has 4 nitrogen and oxygen atoms in total. The molecule has 102 valence electrons. The molecule has 0 aliphatic heterocycles. The molecule has 0 aromatic heterocycles. The largest absolute Gasteiger partial charge is 0.494 e. The number of hydrogen-bond acceptors (Lipinski definition) is 4. The predicted octanol–water partition coefficient (Wildman–Crippen LogP) is 3.08. The first-order chi connectivity index (χ1) is 8.35. The summed E-state index contributed by atoms with van der Waals surface area (Å²) >= 11 is 0. The van der Waals surface area contributed by atoms with E-state index in [1.807, 2.05) is 30.2 Å². The second-order valence-corrected chi connectivity index (χ2v) is 5.47. The zero-order chi connectivity index (χ0) is 13.8. The molecule has 0 spiro atoms. The Labute approximate surface area is 110 Å². The minimum absolute atomic E-state index is 0.131. The summed E-state index contributed by atoms with van der Waals surface area (Å²) in [5.41, 5.74) is 7.60. The van der Waals surface area contributed by atoms with Gasteiger partial charge in [0.1, 0.15) is 5.75 Å². The molecule has 0 aliphatic rings. The van der Waals surface area contributed by atoms with Gasteiger partial charge in [-0.25, -0.2) is 0 Å². The van der Waals surface area contributed by atoms with Gasteiger partial charge >= 0.3 is 0 Å². The van der Waals surface area contributed by atoms with Gasteiger partial charge in [0.25, 0.3) is 0 Å². The van der Waals surface area contributed by atoms with Gasteiger partial charge in [-0.1, -0.05) is 20.8 Å². The van der Waals surface area contributed by atoms with Crippen molar-refractivity contribution in [3.05, 3.63) is 18.2 Å². The van der Waals surface area contributed by atoms with E-state index in [9.17, 15) is 0 Å². The Bertz CT molecular complexity index is 386. The van der Waals surface area contributed by atoms with Crippen LogP contribution < -0.4 is 15.5 Å². The smallest absolute Gasteiger partial charge is 0.123 e. The van der Waals surface area contributed by atoms with Crippen LogP contribution in [0.15, 0.2) is 18.2 Å². The highest BCUT2D eigenvalue weighted by molar-refractivity contribution is 5.59. The highest BCUT2D eigenvalue weighted by atomic mass is 16.7. The fourth-order valence-corrected chi connectivity index (χ4v) is 1.69. The summed E-state index contributed by atoms with van der Waals surface area (Å²) in [6.07, 6.45) is 0. The van der Waals surface area contributed by atoms with Crippen LogP contribution in [0.25, 0.3) is 0 Å². The minimum atomic E-state index is 0.131. The fourth-order valence-electron chi connectivity index (χ4n) is 1.69. The Morgan fingerprint density at radius 1 is 1.22 bits per heavy atom. The maximum Gasteiger partial charge on any atom is 0.123 e. The summed E-state index contributed by atoms with van der Waals surface area (Å²) in [4.78, 5) is 5.42. The van der Waals surface area contributed by atoms with Gasteiger partial charge in [0, 0.05) is 17.8 Å². The summed E-state index contributed by atoms with van der Waals surface area (Å²) < 4.78 is 5.49. The van der Waals surface area contributed by atoms with E-state index >= 15 is 0 Å². The molecule has 0 amide bonds. The van der Waals surface area contributed by atoms with Crippen molar-refractivity contribution in [3.63, 3.8) is 0 Å². The van der Waals surface area contributed by atoms with Gasteiger partial charge in [0.15, 0.2) is 0 Å². The lowest BCUT2D eigenvalue weighted by Gasteiger charge is -2.29. The number of ether oxygens (including phenoxy) is 1. The second kappa shape index (κ2) is 5.96. The van der Waals surface area contributed by atoms with Gasteiger partial charge in [0.2, 0.25) is 0 Å². The van der Waals surface area contributed by atoms with Crippen LogP contribution in [0.3, 0.4) is 0 Å². The predicted molar refractivity (Wildman–Crippen MR) is 75.8 cm³/mol. The van der Waals surface area contributed by atoms with Crippen molar-refractivity contribution < 1.29 is 9.57 Å². The van der Waals surface area contributed by atoms with Gasteiger partial charge in [-0.05, 0) is 18.4 Å². The van der Waals surface area contributed by atoms with E-state index < -0.39 is 0 Å². The van der Waals surface area contributed by atoms with Crippen LogP contribution in [0, 0.1) is 5.41 Å². The summed E-state index contributed by atoms with van der Waals surface area (Å²) in [6.45, 7) is 9.83. The van der Waals surface area contributed by atoms with E-state index in [1.54, 1.807) is 7.11 Å². The third kappa shape index (κ3) is 4.45. The van der Waals surface area contributed by atoms with E-state index in [-0.39, 0.29) is 5.41 Å². The van der Waals surface area contributed by atoms with E-state index in [0.29, 0.717) is 12.3 Å². The summed E-state index contributed by atoms with van der Waals surface area (Å²) in [6, 6.07) is 5.64. The van der Waals surface area contributed by atoms with E-state index in [4.69, 9.17) is 15.3 Å². The van der Waals surface area contributed by atoms with Crippen molar-refractivity contribution in [2.75, 3.05) is 31.1 Å². The van der Waals surface area contributed by atoms with Gasteiger partial charge in [-0.15, -0.1) is 0 Å². The van der Waals surface area contributed by atoms with E-state index in [1.165, 1.54) is 0 Å². The molecule has 0 bridgehead atoms. The SMILES string of the molecule is CCOc1cc(N)cc(N(CC(C)(C)C)OC)c1. The van der Waals surface area contributed by atoms with Crippen molar-refractivity contribution in [2.45, 2.75) is 27.7 Å². The van der Waals surface area contributed by atoms with Crippen molar-refractivity contribution in [1.29, 1.82) is 0 Å². The lowest BCUT2D eigenvalue weighted by molar-refractivity contribution is 0.141. The monoisotopic (exact) mass is 252 g/mol. The van der Waals surface area contributed by atoms with Crippen LogP contribution in [-0.4, -0.2) is 20.3 Å². The average molecular weight is 252 g/mol. The Morgan fingerprint density at radius 2 is 1.89 bits per heavy atom. The normalized spacial score (nSPS) is 11.4. The van der Waals surface area contributed by atoms with E-state index in [2.05, 4.69) is 20.8 Å². The number of rotatable bonds is 5. The number of nitrogen functional groups attached to an aromatic ring is 1. The first-order valence-electron chi connectivity index (χ1n) is 6.20. The van der Waals surface area contributed by atoms with E-state index in [0.717, 1.165) is 18.0 Å². The third-order valence-corrected chi connectivity index (χ3v) is 2.35. The summed E-state index contributed by atoms with van der Waals surface area (Å²) in [7, 11) is 1.66. The molecular formula is C14H24N2O2. The Morgan fingerprint density at radius 3 is 2.39 bits per heavy atom. The molecule has 0 radical (unpaired) electrons. The maximum absolute atomic E-state index is 5.88. The topological polar surface area (TPSA) is 47.7 Å². The third-order valence-electron chi connectivity index (χ3n) is 2.35. The lowest BCUT2D eigenvalue weighted by Crippen LogP contribution is -2.31. The van der Waals surface area contributed by atoms with Crippen LogP contribution in [0.1, 0.15) is 27.7 Å². The second-order valence-electron chi connectivity index (χ2n) is 5.47. The quantitative estimate of drug-likeness (QED) is 0.646. The molecule has 0 saturated carbocycles. The number of hydroxylamine groups is 1. The van der Waals surface area contributed by atoms with Crippen LogP contribution in [0.2, 0.25) is 0 Å². The van der Waals surface area contributed by atoms with Crippen molar-refractivity contribution >= 4 is 11.4 Å². The van der Waals surface area contributed by atoms with Gasteiger partial charge in [0.05, 0.1) is 25.9 Å². The number of anilines is 2. The van der Waals surface area contributed by atoms with Crippen LogP contribution >= 0.6 is 0 Å². The van der Waals surface area contributed by atoms with Gasteiger partial charge < -0.3 is 10.5 Å². The fraction of sp³-hybridized carbons (Fsp3) is 0.571. The zero-order valence-electron chi connectivity index (χ0n) is 12.0. The van der Waals surface area contributed by atoms with Gasteiger partial charge in [-0.3, -0.25) is 9.90 Å². The first kappa shape index (κ1) is 14.6. The Hall–Kier alpha value is -1.42. The number of hydrogen-bond donors (Lipinski definition) is 1. The van der Waals surface area contributed by atoms with Crippen molar-refractivity contribution in [3.8, 4) is 5.75 Å². The average Bonchev–Trinajstić information content (AvgIpc) is 2.24. The number of nitrogens with zero attached hydrogens (tertiary/aromatic N) is 1. The maximum atomic E-state index is 5.88. The molecule has 4 heteroatoms. The van der Waals surface area contributed by atoms with Crippen LogP contribution in [-0.2, 0) is 4.84 Å². The first-order valence-corrected chi connectivity index (χ1v) is 6.20. The Balaban J connectivity index is 2.98. The molecular weight excluding hydrogens is 228 g/mol. The van der Waals surface area contributed by atoms with Crippen LogP contribution in [0.4, 0.5) is 11.4 Å². The van der Waals surface area contributed by atoms with Crippen LogP contribution in [0.5, 0.6) is 5.75 Å². The van der Waals surface area contributed by atoms with Crippen molar-refractivity contribution in [2.24, 2.45) is 5.41 Å². The van der Waals surface area contributed by atoms with Gasteiger partial charge in [-0.2, -0.15) is 0 Å². The molecule has 18 heavy (non-hydrogen) atoms. The molecule has 1 rings (SSSR count). The molecule has 2 N–H and O–H groups in total. The number of nitrogens with two attached hydrogens (primary N) is 1. The summed E-state index contributed by atoms with van der Waals surface area (Å²) in [5, 5.41) is 1.83. The summed E-state index contributed by atoms with van der Waals surface area (Å²) in [5.74, 6) is 0.767. The van der Waals surface area contributed by atoms with Crippen molar-refractivity contribution in [1.82, 2.24) is 0 Å². The molecule has 1 aromatic rings.